The van der Waals surface area contributed by atoms with Crippen LogP contribution in [0.3, 0.4) is 0 Å². The summed E-state index contributed by atoms with van der Waals surface area (Å²) >= 11 is 0. The maximum Gasteiger partial charge on any atom is 0.244 e. The van der Waals surface area contributed by atoms with Crippen molar-refractivity contribution in [3.8, 4) is 0 Å². The predicted octanol–water partition coefficient (Wildman–Crippen LogP) is 3.42. The summed E-state index contributed by atoms with van der Waals surface area (Å²) in [6.07, 6.45) is 11.3. The van der Waals surface area contributed by atoms with E-state index < -0.39 is 30.2 Å². The zero-order chi connectivity index (χ0) is 42.1. The number of rotatable bonds is 15. The lowest BCUT2D eigenvalue weighted by Crippen LogP contribution is -2.62. The number of aliphatic hydroxyl groups is 2. The van der Waals surface area contributed by atoms with Crippen molar-refractivity contribution in [3.05, 3.63) is 0 Å². The molecule has 7 rings (SSSR count). The Bertz CT molecular complexity index is 1390. The van der Waals surface area contributed by atoms with Gasteiger partial charge in [-0.3, -0.25) is 19.2 Å². The number of likely N-dealkylation sites (N-methyl/N-ethyl adjacent to an activating group) is 1. The molecular weight excluding hydrogens is 737 g/mol. The average Bonchev–Trinajstić information content (AvgIpc) is 3.56. The molecule has 332 valence electrons. The third-order valence-electron chi connectivity index (χ3n) is 16.3. The minimum Gasteiger partial charge on any atom is -0.394 e. The SMILES string of the molecule is COC1C(CN2O[C@@H](CO)[C@@H]([C@H](C)O)[C@H]2C(=O)N[C@H]2C[C@H]3C[C@@H]([C@@H]2C)C3(C)C)CCCC1C1CC(C(=O)N[C@H](CN(C)C)C(=O)NC2CCCCC2)CC(N(C)C)C1. The molecule has 1 heterocycles. The van der Waals surface area contributed by atoms with E-state index in [0.29, 0.717) is 36.3 Å². The normalized spacial score (nSPS) is 39.2. The number of hydrogen-bond donors (Lipinski definition) is 5. The van der Waals surface area contributed by atoms with E-state index in [1.165, 1.54) is 12.8 Å². The lowest BCUT2D eigenvalue weighted by atomic mass is 9.45. The number of amides is 3. The molecule has 1 aliphatic heterocycles. The molecule has 6 unspecified atom stereocenters. The number of fused-ring (bicyclic) bond motifs is 2. The summed E-state index contributed by atoms with van der Waals surface area (Å²) in [6, 6.07) is -0.898. The van der Waals surface area contributed by atoms with Crippen LogP contribution in [-0.4, -0.2) is 146 Å². The largest absolute Gasteiger partial charge is 0.394 e. The zero-order valence-corrected chi connectivity index (χ0v) is 37.3. The van der Waals surface area contributed by atoms with E-state index in [2.05, 4.69) is 55.7 Å². The molecule has 7 aliphatic rings. The van der Waals surface area contributed by atoms with Gasteiger partial charge in [0.1, 0.15) is 18.2 Å². The van der Waals surface area contributed by atoms with Gasteiger partial charge in [-0.25, -0.2) is 0 Å². The van der Waals surface area contributed by atoms with Gasteiger partial charge in [0.2, 0.25) is 17.7 Å². The highest BCUT2D eigenvalue weighted by molar-refractivity contribution is 5.89. The Morgan fingerprint density at radius 1 is 0.931 bits per heavy atom. The van der Waals surface area contributed by atoms with Gasteiger partial charge in [0.25, 0.3) is 0 Å². The van der Waals surface area contributed by atoms with E-state index in [9.17, 15) is 24.6 Å². The van der Waals surface area contributed by atoms with Crippen LogP contribution in [-0.2, 0) is 24.0 Å². The number of methoxy groups -OCH3 is 1. The molecule has 0 aromatic heterocycles. The molecule has 0 aromatic rings. The first kappa shape index (κ1) is 45.7. The van der Waals surface area contributed by atoms with Crippen LogP contribution in [0.5, 0.6) is 0 Å². The molecule has 3 amide bonds. The summed E-state index contributed by atoms with van der Waals surface area (Å²) in [7, 11) is 9.84. The first-order chi connectivity index (χ1) is 27.5. The van der Waals surface area contributed by atoms with Gasteiger partial charge in [-0.1, -0.05) is 46.5 Å². The molecule has 15 atom stereocenters. The smallest absolute Gasteiger partial charge is 0.244 e. The van der Waals surface area contributed by atoms with E-state index in [-0.39, 0.29) is 72.2 Å². The molecule has 6 saturated carbocycles. The number of carbonyl (C=O) groups excluding carboxylic acids is 3. The molecule has 13 heteroatoms. The standard InChI is InChI=1S/C45H80N6O7/c1-26-35-21-31(45(35,3)4)22-36(26)47-44(56)40-39(27(2)53)38(25-52)58-51(40)23-28-14-13-17-34(41(28)57-9)29-18-30(20-33(19-29)50(7)8)42(54)48-37(24-49(5)6)43(55)46-32-15-11-10-12-16-32/h26-41,52-53H,10-25H2,1-9H3,(H,46,55)(H,47,56)(H,48,54)/t26-,27-,28?,29?,30?,31+,33?,34?,35-,36-,37+,38-,39+,40-,41?/m0/s1. The molecule has 5 N–H and O–H groups in total. The fourth-order valence-electron chi connectivity index (χ4n) is 12.8. The van der Waals surface area contributed by atoms with Crippen molar-refractivity contribution >= 4 is 17.7 Å². The molecule has 6 aliphatic carbocycles. The Kier molecular flexibility index (Phi) is 15.3. The number of nitrogens with one attached hydrogen (secondary N) is 3. The Hall–Kier alpha value is -1.87. The van der Waals surface area contributed by atoms with E-state index >= 15 is 0 Å². The molecule has 0 radical (unpaired) electrons. The van der Waals surface area contributed by atoms with Crippen LogP contribution >= 0.6 is 0 Å². The fraction of sp³-hybridized carbons (Fsp3) is 0.933. The van der Waals surface area contributed by atoms with E-state index in [1.54, 1.807) is 19.1 Å². The van der Waals surface area contributed by atoms with Gasteiger partial charge in [0, 0.05) is 56.1 Å². The highest BCUT2D eigenvalue weighted by Crippen LogP contribution is 2.61. The molecule has 2 bridgehead atoms. The van der Waals surface area contributed by atoms with Crippen molar-refractivity contribution in [2.75, 3.05) is 55.0 Å². The van der Waals surface area contributed by atoms with Crippen molar-refractivity contribution < 1.29 is 34.2 Å². The lowest BCUT2D eigenvalue weighted by molar-refractivity contribution is -0.193. The number of nitrogens with zero attached hydrogens (tertiary/aromatic N) is 3. The van der Waals surface area contributed by atoms with E-state index in [4.69, 9.17) is 9.57 Å². The maximum atomic E-state index is 14.4. The highest BCUT2D eigenvalue weighted by Gasteiger charge is 2.58. The van der Waals surface area contributed by atoms with Crippen LogP contribution < -0.4 is 16.0 Å². The summed E-state index contributed by atoms with van der Waals surface area (Å²) in [6.45, 7) is 9.27. The zero-order valence-electron chi connectivity index (χ0n) is 37.3. The van der Waals surface area contributed by atoms with Gasteiger partial charge in [-0.05, 0) is 128 Å². The van der Waals surface area contributed by atoms with Gasteiger partial charge in [0.15, 0.2) is 0 Å². The molecule has 0 aromatic carbocycles. The van der Waals surface area contributed by atoms with Crippen molar-refractivity contribution in [3.63, 3.8) is 0 Å². The van der Waals surface area contributed by atoms with Gasteiger partial charge < -0.3 is 40.7 Å². The van der Waals surface area contributed by atoms with Crippen LogP contribution in [0.2, 0.25) is 0 Å². The average molecular weight is 817 g/mol. The van der Waals surface area contributed by atoms with Crippen LogP contribution in [0, 0.1) is 52.8 Å². The Morgan fingerprint density at radius 3 is 2.26 bits per heavy atom. The molecule has 7 fully saturated rings. The predicted molar refractivity (Wildman–Crippen MR) is 224 cm³/mol. The van der Waals surface area contributed by atoms with Crippen molar-refractivity contribution in [1.82, 2.24) is 30.8 Å². The van der Waals surface area contributed by atoms with Crippen molar-refractivity contribution in [1.29, 1.82) is 0 Å². The van der Waals surface area contributed by atoms with Gasteiger partial charge in [-0.15, -0.1) is 0 Å². The Balaban J connectivity index is 1.15. The second-order valence-electron chi connectivity index (χ2n) is 20.8. The Labute approximate surface area is 349 Å². The first-order valence-electron chi connectivity index (χ1n) is 23.0. The number of ether oxygens (including phenoxy) is 1. The molecule has 0 spiro atoms. The number of aliphatic hydroxyl groups excluding tert-OH is 2. The highest BCUT2D eigenvalue weighted by atomic mass is 16.7. The summed E-state index contributed by atoms with van der Waals surface area (Å²) in [4.78, 5) is 52.8. The lowest BCUT2D eigenvalue weighted by Gasteiger charge is -2.62. The van der Waals surface area contributed by atoms with Crippen molar-refractivity contribution in [2.24, 2.45) is 52.8 Å². The quantitative estimate of drug-likeness (QED) is 0.166. The van der Waals surface area contributed by atoms with Gasteiger partial charge in [-0.2, -0.15) is 5.06 Å². The third kappa shape index (κ3) is 9.92. The number of hydrogen-bond acceptors (Lipinski definition) is 10. The second-order valence-corrected chi connectivity index (χ2v) is 20.8. The molecular formula is C45H80N6O7. The Morgan fingerprint density at radius 2 is 1.66 bits per heavy atom. The summed E-state index contributed by atoms with van der Waals surface area (Å²) in [5, 5.41) is 33.1. The first-order valence-corrected chi connectivity index (χ1v) is 23.0. The van der Waals surface area contributed by atoms with E-state index in [0.717, 1.165) is 70.6 Å². The van der Waals surface area contributed by atoms with Gasteiger partial charge in [0.05, 0.1) is 18.8 Å². The van der Waals surface area contributed by atoms with Crippen LogP contribution in [0.15, 0.2) is 0 Å². The molecule has 1 saturated heterocycles. The maximum absolute atomic E-state index is 14.4. The minimum absolute atomic E-state index is 0.0461. The number of hydroxylamine groups is 2. The van der Waals surface area contributed by atoms with Crippen LogP contribution in [0.1, 0.15) is 111 Å². The molecule has 13 nitrogen and oxygen atoms in total. The fourth-order valence-corrected chi connectivity index (χ4v) is 12.8. The van der Waals surface area contributed by atoms with Crippen molar-refractivity contribution in [2.45, 2.75) is 160 Å². The number of carbonyl (C=O) groups is 3. The monoisotopic (exact) mass is 817 g/mol. The van der Waals surface area contributed by atoms with Crippen LogP contribution in [0.25, 0.3) is 0 Å². The minimum atomic E-state index is -0.852. The second kappa shape index (κ2) is 19.5. The van der Waals surface area contributed by atoms with Crippen LogP contribution in [0.4, 0.5) is 0 Å². The molecule has 58 heavy (non-hydrogen) atoms. The van der Waals surface area contributed by atoms with Gasteiger partial charge >= 0.3 is 0 Å². The van der Waals surface area contributed by atoms with E-state index in [1.807, 2.05) is 19.0 Å². The summed E-state index contributed by atoms with van der Waals surface area (Å²) in [5.74, 6) is 0.932. The summed E-state index contributed by atoms with van der Waals surface area (Å²) in [5.41, 5.74) is 0.299. The summed E-state index contributed by atoms with van der Waals surface area (Å²) < 4.78 is 6.42. The topological polar surface area (TPSA) is 156 Å². The third-order valence-corrected chi connectivity index (χ3v) is 16.3.